The number of amides is 1. The zero-order valence-electron chi connectivity index (χ0n) is 12.6. The van der Waals surface area contributed by atoms with Crippen LogP contribution >= 0.6 is 0 Å². The minimum Gasteiger partial charge on any atom is -0.465 e. The summed E-state index contributed by atoms with van der Waals surface area (Å²) in [7, 11) is 1.27. The van der Waals surface area contributed by atoms with Crippen molar-refractivity contribution < 1.29 is 23.1 Å². The van der Waals surface area contributed by atoms with Crippen molar-refractivity contribution in [3.8, 4) is 0 Å². The van der Waals surface area contributed by atoms with Crippen molar-refractivity contribution in [2.24, 2.45) is 0 Å². The first-order valence-corrected chi connectivity index (χ1v) is 6.86. The third-order valence-corrected chi connectivity index (χ3v) is 3.36. The molecule has 1 atom stereocenters. The SMILES string of the molecule is COC(=O)c1ccc(C(=O)NC(C)c2ccc(F)c(F)c2)cc1. The molecule has 0 heterocycles. The van der Waals surface area contributed by atoms with E-state index in [-0.39, 0.29) is 0 Å². The molecule has 23 heavy (non-hydrogen) atoms. The van der Waals surface area contributed by atoms with Gasteiger partial charge in [-0.25, -0.2) is 13.6 Å². The minimum absolute atomic E-state index is 0.331. The van der Waals surface area contributed by atoms with E-state index in [9.17, 15) is 18.4 Å². The van der Waals surface area contributed by atoms with E-state index in [2.05, 4.69) is 10.1 Å². The van der Waals surface area contributed by atoms with Gasteiger partial charge in [0.1, 0.15) is 0 Å². The third-order valence-electron chi connectivity index (χ3n) is 3.36. The van der Waals surface area contributed by atoms with Gasteiger partial charge in [-0.3, -0.25) is 4.79 Å². The molecule has 0 bridgehead atoms. The van der Waals surface area contributed by atoms with Crippen LogP contribution in [0, 0.1) is 11.6 Å². The van der Waals surface area contributed by atoms with Crippen LogP contribution in [0.2, 0.25) is 0 Å². The van der Waals surface area contributed by atoms with Gasteiger partial charge in [0.2, 0.25) is 0 Å². The van der Waals surface area contributed by atoms with Gasteiger partial charge in [-0.2, -0.15) is 0 Å². The maximum atomic E-state index is 13.2. The number of ether oxygens (including phenoxy) is 1. The summed E-state index contributed by atoms with van der Waals surface area (Å²) in [5.74, 6) is -2.79. The van der Waals surface area contributed by atoms with Crippen LogP contribution in [-0.4, -0.2) is 19.0 Å². The highest BCUT2D eigenvalue weighted by atomic mass is 19.2. The molecule has 0 saturated carbocycles. The van der Waals surface area contributed by atoms with Crippen molar-refractivity contribution in [3.05, 3.63) is 70.8 Å². The van der Waals surface area contributed by atoms with E-state index in [4.69, 9.17) is 0 Å². The van der Waals surface area contributed by atoms with Crippen LogP contribution in [0.5, 0.6) is 0 Å². The molecule has 0 fully saturated rings. The summed E-state index contributed by atoms with van der Waals surface area (Å²) in [5.41, 5.74) is 1.12. The molecule has 0 aliphatic heterocycles. The molecule has 0 aromatic heterocycles. The molecule has 2 aromatic rings. The summed E-state index contributed by atoms with van der Waals surface area (Å²) in [6.07, 6.45) is 0. The average molecular weight is 319 g/mol. The lowest BCUT2D eigenvalue weighted by atomic mass is 10.1. The fourth-order valence-corrected chi connectivity index (χ4v) is 2.02. The number of benzene rings is 2. The molecule has 4 nitrogen and oxygen atoms in total. The Labute approximate surface area is 132 Å². The Morgan fingerprint density at radius 3 is 2.17 bits per heavy atom. The van der Waals surface area contributed by atoms with Crippen LogP contribution in [0.4, 0.5) is 8.78 Å². The average Bonchev–Trinajstić information content (AvgIpc) is 2.56. The number of esters is 1. The number of nitrogens with one attached hydrogen (secondary N) is 1. The molecular formula is C17H15F2NO3. The Bertz CT molecular complexity index is 729. The molecule has 1 unspecified atom stereocenters. The van der Waals surface area contributed by atoms with Crippen molar-refractivity contribution in [2.45, 2.75) is 13.0 Å². The first-order chi connectivity index (χ1) is 10.9. The summed E-state index contributed by atoms with van der Waals surface area (Å²) in [6, 6.07) is 8.88. The molecule has 2 aromatic carbocycles. The lowest BCUT2D eigenvalue weighted by molar-refractivity contribution is 0.0600. The number of hydrogen-bond donors (Lipinski definition) is 1. The first kappa shape index (κ1) is 16.6. The highest BCUT2D eigenvalue weighted by Crippen LogP contribution is 2.16. The predicted octanol–water partition coefficient (Wildman–Crippen LogP) is 3.24. The molecule has 2 rings (SSSR count). The molecule has 0 aliphatic carbocycles. The van der Waals surface area contributed by atoms with Gasteiger partial charge in [0.05, 0.1) is 18.7 Å². The molecule has 0 aliphatic rings. The molecule has 1 N–H and O–H groups in total. The van der Waals surface area contributed by atoms with Gasteiger partial charge < -0.3 is 10.1 Å². The van der Waals surface area contributed by atoms with Crippen LogP contribution in [0.3, 0.4) is 0 Å². The van der Waals surface area contributed by atoms with E-state index < -0.39 is 29.6 Å². The number of rotatable bonds is 4. The Hall–Kier alpha value is -2.76. The normalized spacial score (nSPS) is 11.7. The first-order valence-electron chi connectivity index (χ1n) is 6.86. The molecule has 0 spiro atoms. The Balaban J connectivity index is 2.08. The van der Waals surface area contributed by atoms with Crippen molar-refractivity contribution in [2.75, 3.05) is 7.11 Å². The second-order valence-electron chi connectivity index (χ2n) is 4.94. The minimum atomic E-state index is -0.967. The van der Waals surface area contributed by atoms with Crippen LogP contribution < -0.4 is 5.32 Å². The van der Waals surface area contributed by atoms with E-state index >= 15 is 0 Å². The van der Waals surface area contributed by atoms with Gasteiger partial charge in [0.15, 0.2) is 11.6 Å². The number of hydrogen-bond acceptors (Lipinski definition) is 3. The second kappa shape index (κ2) is 7.00. The van der Waals surface area contributed by atoms with E-state index in [0.29, 0.717) is 16.7 Å². The topological polar surface area (TPSA) is 55.4 Å². The van der Waals surface area contributed by atoms with E-state index in [1.54, 1.807) is 6.92 Å². The van der Waals surface area contributed by atoms with Gasteiger partial charge in [-0.05, 0) is 48.9 Å². The van der Waals surface area contributed by atoms with Gasteiger partial charge >= 0.3 is 5.97 Å². The third kappa shape index (κ3) is 3.91. The van der Waals surface area contributed by atoms with Crippen LogP contribution in [0.25, 0.3) is 0 Å². The summed E-state index contributed by atoms with van der Waals surface area (Å²) in [4.78, 5) is 23.5. The Kier molecular flexibility index (Phi) is 5.05. The van der Waals surface area contributed by atoms with Crippen LogP contribution in [0.15, 0.2) is 42.5 Å². The molecule has 1 amide bonds. The Morgan fingerprint density at radius 1 is 1.00 bits per heavy atom. The fourth-order valence-electron chi connectivity index (χ4n) is 2.02. The van der Waals surface area contributed by atoms with Gasteiger partial charge in [-0.1, -0.05) is 6.07 Å². The van der Waals surface area contributed by atoms with E-state index in [1.807, 2.05) is 0 Å². The monoisotopic (exact) mass is 319 g/mol. The standard InChI is InChI=1S/C17H15F2NO3/c1-10(13-7-8-14(18)15(19)9-13)20-16(21)11-3-5-12(6-4-11)17(22)23-2/h3-10H,1-2H3,(H,20,21). The van der Waals surface area contributed by atoms with Crippen LogP contribution in [0.1, 0.15) is 39.2 Å². The second-order valence-corrected chi connectivity index (χ2v) is 4.94. The van der Waals surface area contributed by atoms with Crippen molar-refractivity contribution in [3.63, 3.8) is 0 Å². The van der Waals surface area contributed by atoms with Crippen molar-refractivity contribution in [1.29, 1.82) is 0 Å². The van der Waals surface area contributed by atoms with Gasteiger partial charge in [0, 0.05) is 5.56 Å². The van der Waals surface area contributed by atoms with Crippen molar-refractivity contribution >= 4 is 11.9 Å². The smallest absolute Gasteiger partial charge is 0.337 e. The number of carbonyl (C=O) groups is 2. The van der Waals surface area contributed by atoms with E-state index in [0.717, 1.165) is 12.1 Å². The summed E-state index contributed by atoms with van der Waals surface area (Å²) >= 11 is 0. The Morgan fingerprint density at radius 2 is 1.61 bits per heavy atom. The largest absolute Gasteiger partial charge is 0.465 e. The molecule has 0 saturated heterocycles. The van der Waals surface area contributed by atoms with Gasteiger partial charge in [0.25, 0.3) is 5.91 Å². The highest BCUT2D eigenvalue weighted by Gasteiger charge is 2.14. The number of halogens is 2. The maximum Gasteiger partial charge on any atom is 0.337 e. The molecule has 0 radical (unpaired) electrons. The molecule has 120 valence electrons. The zero-order valence-corrected chi connectivity index (χ0v) is 12.6. The summed E-state index contributed by atoms with van der Waals surface area (Å²) < 4.78 is 30.7. The van der Waals surface area contributed by atoms with E-state index in [1.165, 1.54) is 37.4 Å². The zero-order chi connectivity index (χ0) is 17.0. The molecule has 6 heteroatoms. The summed E-state index contributed by atoms with van der Waals surface area (Å²) in [6.45, 7) is 1.66. The predicted molar refractivity (Wildman–Crippen MR) is 80.0 cm³/mol. The quantitative estimate of drug-likeness (QED) is 0.880. The highest BCUT2D eigenvalue weighted by molar-refractivity contribution is 5.96. The number of methoxy groups -OCH3 is 1. The molecular weight excluding hydrogens is 304 g/mol. The lowest BCUT2D eigenvalue weighted by Crippen LogP contribution is -2.26. The fraction of sp³-hybridized carbons (Fsp3) is 0.176. The summed E-state index contributed by atoms with van der Waals surface area (Å²) in [5, 5.41) is 2.68. The van der Waals surface area contributed by atoms with Gasteiger partial charge in [-0.15, -0.1) is 0 Å². The van der Waals surface area contributed by atoms with Crippen molar-refractivity contribution in [1.82, 2.24) is 5.32 Å². The lowest BCUT2D eigenvalue weighted by Gasteiger charge is -2.14. The maximum absolute atomic E-state index is 13.2. The van der Waals surface area contributed by atoms with Crippen LogP contribution in [-0.2, 0) is 4.74 Å². The number of carbonyl (C=O) groups excluding carboxylic acids is 2.